The SMILES string of the molecule is Cc1cc(OCc2ccc(C(=O)NCCCn3nc(C(F)(F)F)c(Cl)c3C3CC3)o2)c(C(C)C)cc1Cl. The van der Waals surface area contributed by atoms with Gasteiger partial charge in [-0.25, -0.2) is 0 Å². The first-order valence-electron chi connectivity index (χ1n) is 12.1. The molecule has 0 unspecified atom stereocenters. The van der Waals surface area contributed by atoms with E-state index < -0.39 is 17.8 Å². The molecule has 0 aliphatic heterocycles. The summed E-state index contributed by atoms with van der Waals surface area (Å²) in [5, 5.41) is 6.78. The topological polar surface area (TPSA) is 69.3 Å². The van der Waals surface area contributed by atoms with E-state index in [4.69, 9.17) is 32.4 Å². The van der Waals surface area contributed by atoms with E-state index in [0.29, 0.717) is 28.6 Å². The third-order valence-corrected chi connectivity index (χ3v) is 6.94. The van der Waals surface area contributed by atoms with Crippen LogP contribution in [-0.2, 0) is 19.3 Å². The first kappa shape index (κ1) is 27.4. The van der Waals surface area contributed by atoms with Gasteiger partial charge in [-0.05, 0) is 67.5 Å². The van der Waals surface area contributed by atoms with Gasteiger partial charge < -0.3 is 14.5 Å². The summed E-state index contributed by atoms with van der Waals surface area (Å²) in [6, 6.07) is 7.00. The van der Waals surface area contributed by atoms with Crippen LogP contribution in [0.1, 0.15) is 83.8 Å². The van der Waals surface area contributed by atoms with E-state index in [1.165, 1.54) is 4.68 Å². The summed E-state index contributed by atoms with van der Waals surface area (Å²) in [5.74, 6) is 1.10. The number of nitrogens with one attached hydrogen (secondary N) is 1. The summed E-state index contributed by atoms with van der Waals surface area (Å²) in [5.41, 5.74) is 1.25. The lowest BCUT2D eigenvalue weighted by molar-refractivity contribution is -0.141. The van der Waals surface area contributed by atoms with Gasteiger partial charge in [0, 0.05) is 24.0 Å². The van der Waals surface area contributed by atoms with Crippen LogP contribution in [0.4, 0.5) is 13.2 Å². The van der Waals surface area contributed by atoms with Crippen LogP contribution in [0.25, 0.3) is 0 Å². The molecule has 4 rings (SSSR count). The van der Waals surface area contributed by atoms with Crippen LogP contribution in [0.15, 0.2) is 28.7 Å². The zero-order chi connectivity index (χ0) is 26.9. The van der Waals surface area contributed by atoms with Crippen molar-refractivity contribution in [3.8, 4) is 5.75 Å². The van der Waals surface area contributed by atoms with Crippen molar-refractivity contribution in [1.29, 1.82) is 0 Å². The fourth-order valence-corrected chi connectivity index (χ4v) is 4.61. The Kier molecular flexibility index (Phi) is 8.14. The molecule has 2 heterocycles. The number of carbonyl (C=O) groups is 1. The Bertz CT molecular complexity index is 1280. The Morgan fingerprint density at radius 3 is 2.65 bits per heavy atom. The van der Waals surface area contributed by atoms with Crippen molar-refractivity contribution >= 4 is 29.1 Å². The molecule has 1 N–H and O–H groups in total. The molecule has 2 aromatic heterocycles. The largest absolute Gasteiger partial charge is 0.485 e. The Morgan fingerprint density at radius 1 is 1.27 bits per heavy atom. The molecule has 0 atom stereocenters. The minimum Gasteiger partial charge on any atom is -0.485 e. The number of alkyl halides is 3. The van der Waals surface area contributed by atoms with Gasteiger partial charge in [-0.3, -0.25) is 9.48 Å². The van der Waals surface area contributed by atoms with Crippen LogP contribution in [0.5, 0.6) is 5.75 Å². The number of ether oxygens (including phenoxy) is 1. The smallest absolute Gasteiger partial charge is 0.436 e. The number of halogens is 5. The molecule has 1 saturated carbocycles. The highest BCUT2D eigenvalue weighted by Crippen LogP contribution is 2.47. The molecule has 0 saturated heterocycles. The number of benzene rings is 1. The van der Waals surface area contributed by atoms with E-state index >= 15 is 0 Å². The van der Waals surface area contributed by atoms with Crippen LogP contribution in [0.3, 0.4) is 0 Å². The van der Waals surface area contributed by atoms with E-state index in [0.717, 1.165) is 24.0 Å². The highest BCUT2D eigenvalue weighted by Gasteiger charge is 2.41. The molecule has 1 amide bonds. The van der Waals surface area contributed by atoms with Crippen molar-refractivity contribution < 1.29 is 27.1 Å². The summed E-state index contributed by atoms with van der Waals surface area (Å²) in [4.78, 5) is 12.5. The predicted molar refractivity (Wildman–Crippen MR) is 134 cm³/mol. The Hall–Kier alpha value is -2.65. The molecule has 1 aromatic carbocycles. The summed E-state index contributed by atoms with van der Waals surface area (Å²) < 4.78 is 52.5. The highest BCUT2D eigenvalue weighted by molar-refractivity contribution is 6.32. The quantitative estimate of drug-likeness (QED) is 0.262. The third-order valence-electron chi connectivity index (χ3n) is 6.16. The zero-order valence-electron chi connectivity index (χ0n) is 20.7. The number of hydrogen-bond acceptors (Lipinski definition) is 4. The van der Waals surface area contributed by atoms with Crippen LogP contribution in [-0.4, -0.2) is 22.2 Å². The second kappa shape index (κ2) is 11.0. The number of aromatic nitrogens is 2. The normalized spacial score (nSPS) is 13.9. The van der Waals surface area contributed by atoms with Gasteiger partial charge in [0.25, 0.3) is 5.91 Å². The van der Waals surface area contributed by atoms with Gasteiger partial charge in [-0.15, -0.1) is 0 Å². The number of carbonyl (C=O) groups excluding carboxylic acids is 1. The fraction of sp³-hybridized carbons (Fsp3) is 0.462. The van der Waals surface area contributed by atoms with Crippen molar-refractivity contribution in [2.75, 3.05) is 6.54 Å². The standard InChI is InChI=1S/C26H28Cl2F3N3O3/c1-14(2)18-12-19(27)15(3)11-21(18)36-13-17-7-8-20(37-17)25(35)32-9-4-10-34-23(16-5-6-16)22(28)24(33-34)26(29,30)31/h7-8,11-12,14,16H,4-6,9-10,13H2,1-3H3,(H,32,35). The molecule has 3 aromatic rings. The van der Waals surface area contributed by atoms with Crippen LogP contribution >= 0.6 is 23.2 Å². The van der Waals surface area contributed by atoms with Gasteiger partial charge in [-0.1, -0.05) is 37.0 Å². The van der Waals surface area contributed by atoms with Crippen LogP contribution in [0.2, 0.25) is 10.0 Å². The van der Waals surface area contributed by atoms with E-state index in [1.54, 1.807) is 12.1 Å². The van der Waals surface area contributed by atoms with Crippen molar-refractivity contribution in [2.45, 2.75) is 71.2 Å². The monoisotopic (exact) mass is 557 g/mol. The Balaban J connectivity index is 1.30. The van der Waals surface area contributed by atoms with Crippen molar-refractivity contribution in [1.82, 2.24) is 15.1 Å². The molecule has 6 nitrogen and oxygen atoms in total. The number of aryl methyl sites for hydroxylation is 2. The molecule has 0 bridgehead atoms. The van der Waals surface area contributed by atoms with E-state index in [9.17, 15) is 18.0 Å². The summed E-state index contributed by atoms with van der Waals surface area (Å²) in [7, 11) is 0. The predicted octanol–water partition coefficient (Wildman–Crippen LogP) is 7.51. The van der Waals surface area contributed by atoms with Gasteiger partial charge in [0.05, 0.1) is 10.7 Å². The number of furan rings is 1. The zero-order valence-corrected chi connectivity index (χ0v) is 22.2. The maximum Gasteiger partial charge on any atom is 0.436 e. The second-order valence-corrected chi connectivity index (χ2v) is 10.3. The maximum atomic E-state index is 13.2. The third kappa shape index (κ3) is 6.44. The molecule has 200 valence electrons. The Morgan fingerprint density at radius 2 is 2.00 bits per heavy atom. The average molecular weight is 558 g/mol. The number of rotatable bonds is 10. The first-order chi connectivity index (χ1) is 17.5. The highest BCUT2D eigenvalue weighted by atomic mass is 35.5. The summed E-state index contributed by atoms with van der Waals surface area (Å²) in [6.45, 7) is 6.57. The van der Waals surface area contributed by atoms with Gasteiger partial charge in [-0.2, -0.15) is 18.3 Å². The number of nitrogens with zero attached hydrogens (tertiary/aromatic N) is 2. The molecule has 11 heteroatoms. The van der Waals surface area contributed by atoms with Crippen molar-refractivity contribution in [2.24, 2.45) is 0 Å². The molecule has 1 aliphatic rings. The van der Waals surface area contributed by atoms with Crippen molar-refractivity contribution in [3.05, 3.63) is 68.3 Å². The minimum atomic E-state index is -4.61. The molecule has 37 heavy (non-hydrogen) atoms. The minimum absolute atomic E-state index is 0.00264. The molecule has 1 aliphatic carbocycles. The Labute approximate surface area is 223 Å². The van der Waals surface area contributed by atoms with E-state index in [2.05, 4.69) is 10.4 Å². The summed E-state index contributed by atoms with van der Waals surface area (Å²) in [6.07, 6.45) is -2.64. The number of hydrogen-bond donors (Lipinski definition) is 1. The fourth-order valence-electron chi connectivity index (χ4n) is 4.04. The molecule has 0 radical (unpaired) electrons. The van der Waals surface area contributed by atoms with Gasteiger partial charge in [0.2, 0.25) is 0 Å². The lowest BCUT2D eigenvalue weighted by Crippen LogP contribution is -2.25. The summed E-state index contributed by atoms with van der Waals surface area (Å²) >= 11 is 12.2. The lowest BCUT2D eigenvalue weighted by atomic mass is 10.0. The van der Waals surface area contributed by atoms with Gasteiger partial charge >= 0.3 is 6.18 Å². The van der Waals surface area contributed by atoms with Gasteiger partial charge in [0.1, 0.15) is 18.1 Å². The van der Waals surface area contributed by atoms with Crippen molar-refractivity contribution in [3.63, 3.8) is 0 Å². The van der Waals surface area contributed by atoms with Crippen LogP contribution in [0, 0.1) is 6.92 Å². The second-order valence-electron chi connectivity index (χ2n) is 9.50. The average Bonchev–Trinajstić information content (AvgIpc) is 3.43. The van der Waals surface area contributed by atoms with Gasteiger partial charge in [0.15, 0.2) is 11.5 Å². The van der Waals surface area contributed by atoms with Crippen LogP contribution < -0.4 is 10.1 Å². The number of amides is 1. The van der Waals surface area contributed by atoms with E-state index in [-0.39, 0.29) is 42.3 Å². The van der Waals surface area contributed by atoms with E-state index in [1.807, 2.05) is 32.9 Å². The molecule has 1 fully saturated rings. The molecule has 0 spiro atoms. The molecular weight excluding hydrogens is 530 g/mol. The lowest BCUT2D eigenvalue weighted by Gasteiger charge is -2.15. The molecular formula is C26H28Cl2F3N3O3. The first-order valence-corrected chi connectivity index (χ1v) is 12.8. The maximum absolute atomic E-state index is 13.2.